The van der Waals surface area contributed by atoms with Crippen molar-refractivity contribution in [2.24, 2.45) is 0 Å². The number of benzene rings is 2. The minimum atomic E-state index is -1.51. The molecule has 0 aliphatic carbocycles. The van der Waals surface area contributed by atoms with Crippen LogP contribution in [0.4, 0.5) is 4.79 Å². The van der Waals surface area contributed by atoms with Crippen molar-refractivity contribution in [2.75, 3.05) is 0 Å². The summed E-state index contributed by atoms with van der Waals surface area (Å²) >= 11 is 0. The first-order valence-electron chi connectivity index (χ1n) is 7.29. The average Bonchev–Trinajstić information content (AvgIpc) is 2.62. The van der Waals surface area contributed by atoms with Gasteiger partial charge in [0.2, 0.25) is 11.2 Å². The molecule has 24 heavy (non-hydrogen) atoms. The first-order chi connectivity index (χ1) is 11.4. The van der Waals surface area contributed by atoms with Gasteiger partial charge in [0.15, 0.2) is 0 Å². The van der Waals surface area contributed by atoms with Gasteiger partial charge in [-0.05, 0) is 13.8 Å². The van der Waals surface area contributed by atoms with Crippen LogP contribution in [0.3, 0.4) is 0 Å². The third kappa shape index (κ3) is 3.53. The van der Waals surface area contributed by atoms with Crippen LogP contribution in [0.2, 0.25) is 0 Å². The highest BCUT2D eigenvalue weighted by atomic mass is 16.7. The largest absolute Gasteiger partial charge is 0.512 e. The molecule has 120 valence electrons. The first kappa shape index (κ1) is 17.1. The maximum Gasteiger partial charge on any atom is 0.512 e. The zero-order valence-corrected chi connectivity index (χ0v) is 13.4. The number of rotatable bonds is 4. The highest BCUT2D eigenvalue weighted by Gasteiger charge is 2.37. The van der Waals surface area contributed by atoms with Gasteiger partial charge < -0.3 is 9.47 Å². The molecule has 0 saturated heterocycles. The SMILES string of the molecule is CC(C#N)(OC(=O)OC(C)(C#N)c1ccccc1)c1ccccc1. The zero-order chi connectivity index (χ0) is 17.6. The van der Waals surface area contributed by atoms with Crippen molar-refractivity contribution < 1.29 is 14.3 Å². The van der Waals surface area contributed by atoms with E-state index in [0.29, 0.717) is 11.1 Å². The molecule has 0 aliphatic rings. The lowest BCUT2D eigenvalue weighted by Gasteiger charge is -2.26. The molecule has 0 saturated carbocycles. The topological polar surface area (TPSA) is 83.1 Å². The Morgan fingerprint density at radius 1 is 0.792 bits per heavy atom. The summed E-state index contributed by atoms with van der Waals surface area (Å²) in [5, 5.41) is 18.8. The third-order valence-electron chi connectivity index (χ3n) is 3.65. The molecule has 0 heterocycles. The highest BCUT2D eigenvalue weighted by molar-refractivity contribution is 5.63. The lowest BCUT2D eigenvalue weighted by atomic mass is 9.97. The van der Waals surface area contributed by atoms with E-state index in [2.05, 4.69) is 0 Å². The predicted octanol–water partition coefficient (Wildman–Crippen LogP) is 4.02. The fourth-order valence-electron chi connectivity index (χ4n) is 2.16. The summed E-state index contributed by atoms with van der Waals surface area (Å²) in [6, 6.07) is 21.2. The second-order valence-corrected chi connectivity index (χ2v) is 5.48. The van der Waals surface area contributed by atoms with Gasteiger partial charge in [0.05, 0.1) is 0 Å². The second kappa shape index (κ2) is 6.85. The maximum absolute atomic E-state index is 12.2. The molecule has 2 unspecified atom stereocenters. The molecular formula is C19H16N2O3. The molecule has 0 N–H and O–H groups in total. The Hall–Kier alpha value is -3.31. The van der Waals surface area contributed by atoms with E-state index in [9.17, 15) is 15.3 Å². The molecule has 0 spiro atoms. The number of carbonyl (C=O) groups is 1. The van der Waals surface area contributed by atoms with Crippen LogP contribution in [0.1, 0.15) is 25.0 Å². The highest BCUT2D eigenvalue weighted by Crippen LogP contribution is 2.29. The van der Waals surface area contributed by atoms with E-state index in [-0.39, 0.29) is 0 Å². The molecule has 0 radical (unpaired) electrons. The molecular weight excluding hydrogens is 304 g/mol. The molecule has 0 bridgehead atoms. The molecule has 2 atom stereocenters. The summed E-state index contributed by atoms with van der Waals surface area (Å²) in [7, 11) is 0. The van der Waals surface area contributed by atoms with E-state index in [1.54, 1.807) is 60.7 Å². The van der Waals surface area contributed by atoms with E-state index < -0.39 is 17.4 Å². The monoisotopic (exact) mass is 320 g/mol. The van der Waals surface area contributed by atoms with E-state index >= 15 is 0 Å². The average molecular weight is 320 g/mol. The van der Waals surface area contributed by atoms with Gasteiger partial charge in [-0.2, -0.15) is 10.5 Å². The molecule has 2 aromatic rings. The van der Waals surface area contributed by atoms with E-state index in [0.717, 1.165) is 0 Å². The summed E-state index contributed by atoms with van der Waals surface area (Å²) in [5.74, 6) is 0. The van der Waals surface area contributed by atoms with Crippen molar-refractivity contribution in [2.45, 2.75) is 25.0 Å². The molecule has 0 aliphatic heterocycles. The predicted molar refractivity (Wildman–Crippen MR) is 86.4 cm³/mol. The van der Waals surface area contributed by atoms with Crippen LogP contribution >= 0.6 is 0 Å². The first-order valence-corrected chi connectivity index (χ1v) is 7.29. The molecule has 0 aromatic heterocycles. The summed E-state index contributed by atoms with van der Waals surface area (Å²) in [6.45, 7) is 2.94. The molecule has 5 nitrogen and oxygen atoms in total. The standard InChI is InChI=1S/C19H16N2O3/c1-18(13-20,15-9-5-3-6-10-15)23-17(22)24-19(2,14-21)16-11-7-4-8-12-16/h3-12H,1-2H3. The summed E-state index contributed by atoms with van der Waals surface area (Å²) in [5.41, 5.74) is -1.98. The Balaban J connectivity index is 2.20. The minimum Gasteiger partial charge on any atom is -0.408 e. The summed E-state index contributed by atoms with van der Waals surface area (Å²) < 4.78 is 10.4. The lowest BCUT2D eigenvalue weighted by molar-refractivity contribution is -0.0390. The Labute approximate surface area is 140 Å². The molecule has 2 rings (SSSR count). The van der Waals surface area contributed by atoms with E-state index in [1.807, 2.05) is 12.1 Å². The van der Waals surface area contributed by atoms with Crippen LogP contribution in [-0.2, 0) is 20.7 Å². The molecule has 5 heteroatoms. The van der Waals surface area contributed by atoms with Gasteiger partial charge >= 0.3 is 6.16 Å². The van der Waals surface area contributed by atoms with Crippen molar-refractivity contribution in [1.29, 1.82) is 10.5 Å². The maximum atomic E-state index is 12.2. The fraction of sp³-hybridized carbons (Fsp3) is 0.211. The van der Waals surface area contributed by atoms with Gasteiger partial charge in [-0.3, -0.25) is 0 Å². The number of hydrogen-bond donors (Lipinski definition) is 0. The Bertz CT molecular complexity index is 725. The van der Waals surface area contributed by atoms with Gasteiger partial charge in [-0.15, -0.1) is 0 Å². The van der Waals surface area contributed by atoms with Gasteiger partial charge in [-0.25, -0.2) is 4.79 Å². The van der Waals surface area contributed by atoms with Gasteiger partial charge in [0.25, 0.3) is 0 Å². The van der Waals surface area contributed by atoms with Gasteiger partial charge in [0, 0.05) is 11.1 Å². The smallest absolute Gasteiger partial charge is 0.408 e. The van der Waals surface area contributed by atoms with Crippen molar-refractivity contribution >= 4 is 6.16 Å². The van der Waals surface area contributed by atoms with Crippen molar-refractivity contribution in [3.63, 3.8) is 0 Å². The lowest BCUT2D eigenvalue weighted by Crippen LogP contribution is -2.33. The minimum absolute atomic E-state index is 0.517. The summed E-state index contributed by atoms with van der Waals surface area (Å²) in [6.07, 6.45) is -1.09. The molecule has 0 amide bonds. The summed E-state index contributed by atoms with van der Waals surface area (Å²) in [4.78, 5) is 12.2. The van der Waals surface area contributed by atoms with Crippen LogP contribution in [-0.4, -0.2) is 6.16 Å². The molecule has 2 aromatic carbocycles. The Morgan fingerprint density at radius 3 is 1.42 bits per heavy atom. The van der Waals surface area contributed by atoms with Crippen molar-refractivity contribution in [3.8, 4) is 12.1 Å². The van der Waals surface area contributed by atoms with Crippen LogP contribution in [0, 0.1) is 22.7 Å². The van der Waals surface area contributed by atoms with Crippen LogP contribution in [0.15, 0.2) is 60.7 Å². The van der Waals surface area contributed by atoms with Crippen LogP contribution in [0.5, 0.6) is 0 Å². The number of nitrogens with zero attached hydrogens (tertiary/aromatic N) is 2. The fourth-order valence-corrected chi connectivity index (χ4v) is 2.16. The normalized spacial score (nSPS) is 15.0. The van der Waals surface area contributed by atoms with E-state index in [1.165, 1.54) is 13.8 Å². The number of hydrogen-bond acceptors (Lipinski definition) is 5. The van der Waals surface area contributed by atoms with E-state index in [4.69, 9.17) is 9.47 Å². The van der Waals surface area contributed by atoms with Gasteiger partial charge in [0.1, 0.15) is 12.1 Å². The van der Waals surface area contributed by atoms with Gasteiger partial charge in [-0.1, -0.05) is 60.7 Å². The van der Waals surface area contributed by atoms with Crippen LogP contribution < -0.4 is 0 Å². The molecule has 0 fully saturated rings. The van der Waals surface area contributed by atoms with Crippen molar-refractivity contribution in [3.05, 3.63) is 71.8 Å². The Kier molecular flexibility index (Phi) is 4.87. The Morgan fingerprint density at radius 2 is 1.12 bits per heavy atom. The number of carbonyl (C=O) groups excluding carboxylic acids is 1. The second-order valence-electron chi connectivity index (χ2n) is 5.48. The zero-order valence-electron chi connectivity index (χ0n) is 13.4. The number of ether oxygens (including phenoxy) is 2. The quantitative estimate of drug-likeness (QED) is 0.795. The van der Waals surface area contributed by atoms with Crippen molar-refractivity contribution in [1.82, 2.24) is 0 Å². The third-order valence-corrected chi connectivity index (χ3v) is 3.65. The van der Waals surface area contributed by atoms with Crippen LogP contribution in [0.25, 0.3) is 0 Å². The number of nitriles is 2.